The average Bonchev–Trinajstić information content (AvgIpc) is 3.49. The SMILES string of the molecule is Fc1ccc(C2CCCN2CCCOc2ccc3c(c2)CCC(CN2CCCC2)C3)cc1. The van der Waals surface area contributed by atoms with Crippen LogP contribution in [0.5, 0.6) is 5.75 Å². The molecule has 0 radical (unpaired) electrons. The van der Waals surface area contributed by atoms with Gasteiger partial charge < -0.3 is 9.64 Å². The first-order valence-corrected chi connectivity index (χ1v) is 12.7. The number of likely N-dealkylation sites (tertiary alicyclic amines) is 2. The number of rotatable bonds is 8. The Balaban J connectivity index is 1.08. The van der Waals surface area contributed by atoms with Crippen LogP contribution in [0.4, 0.5) is 4.39 Å². The van der Waals surface area contributed by atoms with Crippen molar-refractivity contribution in [3.63, 3.8) is 0 Å². The summed E-state index contributed by atoms with van der Waals surface area (Å²) in [6, 6.07) is 14.3. The van der Waals surface area contributed by atoms with E-state index in [0.717, 1.165) is 44.2 Å². The second-order valence-electron chi connectivity index (χ2n) is 9.99. The van der Waals surface area contributed by atoms with Gasteiger partial charge in [-0.05, 0) is 118 Å². The number of halogens is 1. The number of aryl methyl sites for hydroxylation is 1. The molecular formula is C28H37FN2O. The summed E-state index contributed by atoms with van der Waals surface area (Å²) in [5.41, 5.74) is 4.27. The van der Waals surface area contributed by atoms with E-state index in [-0.39, 0.29) is 5.82 Å². The fraction of sp³-hybridized carbons (Fsp3) is 0.571. The van der Waals surface area contributed by atoms with Crippen molar-refractivity contribution in [3.8, 4) is 5.75 Å². The van der Waals surface area contributed by atoms with E-state index in [1.807, 2.05) is 12.1 Å². The van der Waals surface area contributed by atoms with Crippen molar-refractivity contribution in [2.45, 2.75) is 57.4 Å². The van der Waals surface area contributed by atoms with Gasteiger partial charge in [-0.15, -0.1) is 0 Å². The van der Waals surface area contributed by atoms with Crippen LogP contribution in [-0.4, -0.2) is 49.1 Å². The van der Waals surface area contributed by atoms with Crippen LogP contribution in [0, 0.1) is 11.7 Å². The van der Waals surface area contributed by atoms with Crippen LogP contribution >= 0.6 is 0 Å². The van der Waals surface area contributed by atoms with E-state index in [4.69, 9.17) is 4.74 Å². The monoisotopic (exact) mass is 436 g/mol. The summed E-state index contributed by atoms with van der Waals surface area (Å²) < 4.78 is 19.4. The number of hydrogen-bond acceptors (Lipinski definition) is 3. The molecule has 0 bridgehead atoms. The number of benzene rings is 2. The van der Waals surface area contributed by atoms with E-state index >= 15 is 0 Å². The van der Waals surface area contributed by atoms with Crippen LogP contribution in [0.1, 0.15) is 61.3 Å². The quantitative estimate of drug-likeness (QED) is 0.499. The summed E-state index contributed by atoms with van der Waals surface area (Å²) in [6.45, 7) is 6.80. The maximum Gasteiger partial charge on any atom is 0.123 e. The van der Waals surface area contributed by atoms with Crippen LogP contribution in [0.25, 0.3) is 0 Å². The van der Waals surface area contributed by atoms with Crippen LogP contribution in [0.3, 0.4) is 0 Å². The zero-order chi connectivity index (χ0) is 21.8. The molecule has 0 spiro atoms. The molecule has 2 aliphatic heterocycles. The van der Waals surface area contributed by atoms with Gasteiger partial charge in [-0.25, -0.2) is 4.39 Å². The van der Waals surface area contributed by atoms with E-state index in [1.54, 1.807) is 12.1 Å². The van der Waals surface area contributed by atoms with E-state index < -0.39 is 0 Å². The van der Waals surface area contributed by atoms with Gasteiger partial charge in [0.25, 0.3) is 0 Å². The Kier molecular flexibility index (Phi) is 7.09. The molecule has 4 heteroatoms. The lowest BCUT2D eigenvalue weighted by molar-refractivity contribution is 0.222. The van der Waals surface area contributed by atoms with Gasteiger partial charge in [-0.2, -0.15) is 0 Å². The summed E-state index contributed by atoms with van der Waals surface area (Å²) in [7, 11) is 0. The van der Waals surface area contributed by atoms with Gasteiger partial charge in [0.2, 0.25) is 0 Å². The normalized spacial score (nSPS) is 24.0. The van der Waals surface area contributed by atoms with Gasteiger partial charge in [0.15, 0.2) is 0 Å². The first-order valence-electron chi connectivity index (χ1n) is 12.7. The molecule has 0 amide bonds. The molecular weight excluding hydrogens is 399 g/mol. The lowest BCUT2D eigenvalue weighted by atomic mass is 9.83. The third kappa shape index (κ3) is 5.35. The minimum atomic E-state index is -0.154. The van der Waals surface area contributed by atoms with Crippen molar-refractivity contribution >= 4 is 0 Å². The molecule has 3 nitrogen and oxygen atoms in total. The summed E-state index contributed by atoms with van der Waals surface area (Å²) in [4.78, 5) is 5.19. The molecule has 2 aromatic carbocycles. The molecule has 2 unspecified atom stereocenters. The smallest absolute Gasteiger partial charge is 0.123 e. The number of fused-ring (bicyclic) bond motifs is 1. The van der Waals surface area contributed by atoms with Gasteiger partial charge in [0, 0.05) is 19.1 Å². The average molecular weight is 437 g/mol. The van der Waals surface area contributed by atoms with Crippen molar-refractivity contribution in [2.75, 3.05) is 39.3 Å². The van der Waals surface area contributed by atoms with Crippen molar-refractivity contribution in [2.24, 2.45) is 5.92 Å². The van der Waals surface area contributed by atoms with Crippen LogP contribution < -0.4 is 4.74 Å². The minimum Gasteiger partial charge on any atom is -0.494 e. The Morgan fingerprint density at radius 3 is 2.59 bits per heavy atom. The highest BCUT2D eigenvalue weighted by atomic mass is 19.1. The molecule has 2 atom stereocenters. The highest BCUT2D eigenvalue weighted by Crippen LogP contribution is 2.32. The van der Waals surface area contributed by atoms with Gasteiger partial charge in [-0.1, -0.05) is 18.2 Å². The van der Waals surface area contributed by atoms with E-state index in [0.29, 0.717) is 6.04 Å². The Morgan fingerprint density at radius 1 is 0.906 bits per heavy atom. The molecule has 2 fully saturated rings. The van der Waals surface area contributed by atoms with Gasteiger partial charge in [-0.3, -0.25) is 4.90 Å². The molecule has 5 rings (SSSR count). The van der Waals surface area contributed by atoms with Crippen molar-refractivity contribution in [1.82, 2.24) is 9.80 Å². The topological polar surface area (TPSA) is 15.7 Å². The van der Waals surface area contributed by atoms with Crippen molar-refractivity contribution in [3.05, 3.63) is 65.0 Å². The summed E-state index contributed by atoms with van der Waals surface area (Å²) in [5.74, 6) is 1.69. The molecule has 0 aromatic heterocycles. The summed E-state index contributed by atoms with van der Waals surface area (Å²) in [5, 5.41) is 0. The number of nitrogens with zero attached hydrogens (tertiary/aromatic N) is 2. The molecule has 172 valence electrons. The molecule has 3 aliphatic rings. The molecule has 2 heterocycles. The van der Waals surface area contributed by atoms with E-state index in [1.165, 1.54) is 74.8 Å². The molecule has 2 aromatic rings. The Hall–Kier alpha value is -1.91. The predicted octanol–water partition coefficient (Wildman–Crippen LogP) is 5.63. The maximum absolute atomic E-state index is 13.3. The number of hydrogen-bond donors (Lipinski definition) is 0. The maximum atomic E-state index is 13.3. The zero-order valence-electron chi connectivity index (χ0n) is 19.3. The number of ether oxygens (including phenoxy) is 1. The lowest BCUT2D eigenvalue weighted by Gasteiger charge is -2.28. The summed E-state index contributed by atoms with van der Waals surface area (Å²) >= 11 is 0. The Bertz CT molecular complexity index is 878. The van der Waals surface area contributed by atoms with E-state index in [2.05, 4.69) is 28.0 Å². The van der Waals surface area contributed by atoms with Crippen molar-refractivity contribution in [1.29, 1.82) is 0 Å². The van der Waals surface area contributed by atoms with Crippen molar-refractivity contribution < 1.29 is 9.13 Å². The van der Waals surface area contributed by atoms with Gasteiger partial charge in [0.1, 0.15) is 11.6 Å². The van der Waals surface area contributed by atoms with Gasteiger partial charge in [0.05, 0.1) is 6.61 Å². The van der Waals surface area contributed by atoms with Crippen LogP contribution in [0.15, 0.2) is 42.5 Å². The van der Waals surface area contributed by atoms with Crippen LogP contribution in [-0.2, 0) is 12.8 Å². The molecule has 2 saturated heterocycles. The lowest BCUT2D eigenvalue weighted by Crippen LogP contribution is -2.30. The second-order valence-corrected chi connectivity index (χ2v) is 9.99. The molecule has 0 saturated carbocycles. The van der Waals surface area contributed by atoms with Crippen LogP contribution in [0.2, 0.25) is 0 Å². The first kappa shape index (κ1) is 21.9. The Labute approximate surface area is 192 Å². The third-order valence-electron chi connectivity index (χ3n) is 7.70. The highest BCUT2D eigenvalue weighted by Gasteiger charge is 2.26. The molecule has 32 heavy (non-hydrogen) atoms. The third-order valence-corrected chi connectivity index (χ3v) is 7.70. The predicted molar refractivity (Wildman–Crippen MR) is 128 cm³/mol. The Morgan fingerprint density at radius 2 is 1.75 bits per heavy atom. The largest absolute Gasteiger partial charge is 0.494 e. The van der Waals surface area contributed by atoms with Gasteiger partial charge >= 0.3 is 0 Å². The second kappa shape index (κ2) is 10.4. The molecule has 0 N–H and O–H groups in total. The first-order chi connectivity index (χ1) is 15.7. The summed E-state index contributed by atoms with van der Waals surface area (Å²) in [6.07, 6.45) is 9.90. The zero-order valence-corrected chi connectivity index (χ0v) is 19.3. The van der Waals surface area contributed by atoms with E-state index in [9.17, 15) is 4.39 Å². The fourth-order valence-corrected chi connectivity index (χ4v) is 6.00. The minimum absolute atomic E-state index is 0.154. The molecule has 1 aliphatic carbocycles. The highest BCUT2D eigenvalue weighted by molar-refractivity contribution is 5.37. The standard InChI is InChI=1S/C28H37FN2O/c29-26-11-8-23(9-12-26)28-5-3-16-31(28)17-4-18-32-27-13-10-24-19-22(6-7-25(24)20-27)21-30-14-1-2-15-30/h8-13,20,22,28H,1-7,14-19,21H2. The fourth-order valence-electron chi connectivity index (χ4n) is 6.00.